The van der Waals surface area contributed by atoms with Crippen molar-refractivity contribution in [3.63, 3.8) is 0 Å². The van der Waals surface area contributed by atoms with E-state index in [4.69, 9.17) is 9.72 Å². The maximum Gasteiger partial charge on any atom is 0.317 e. The average molecular weight is 568 g/mol. The fraction of sp³-hybridized carbons (Fsp3) is 0.250. The number of piperidine rings is 1. The van der Waals surface area contributed by atoms with Crippen molar-refractivity contribution in [2.75, 3.05) is 19.6 Å². The third-order valence-corrected chi connectivity index (χ3v) is 9.33. The van der Waals surface area contributed by atoms with E-state index >= 15 is 0 Å². The van der Waals surface area contributed by atoms with Crippen LogP contribution in [-0.2, 0) is 11.2 Å². The summed E-state index contributed by atoms with van der Waals surface area (Å²) < 4.78 is 5.69. The van der Waals surface area contributed by atoms with Crippen molar-refractivity contribution in [3.05, 3.63) is 99.4 Å². The molecule has 5 aromatic rings. The van der Waals surface area contributed by atoms with E-state index in [1.165, 1.54) is 0 Å². The average Bonchev–Trinajstić information content (AvgIpc) is 3.61. The van der Waals surface area contributed by atoms with Crippen molar-refractivity contribution in [1.82, 2.24) is 14.9 Å². The number of hydrogen-bond donors (Lipinski definition) is 0. The second-order valence-electron chi connectivity index (χ2n) is 10.1. The number of carbonyl (C=O) groups excluding carboxylic acids is 2. The van der Waals surface area contributed by atoms with Crippen molar-refractivity contribution in [3.8, 4) is 16.3 Å². The number of ketones is 1. The van der Waals surface area contributed by atoms with Gasteiger partial charge in [-0.2, -0.15) is 0 Å². The number of ether oxygens (including phenoxy) is 1. The van der Waals surface area contributed by atoms with Crippen molar-refractivity contribution in [1.29, 1.82) is 0 Å². The Morgan fingerprint density at radius 3 is 2.52 bits per heavy atom. The van der Waals surface area contributed by atoms with Gasteiger partial charge in [-0.25, -0.2) is 9.97 Å². The van der Waals surface area contributed by atoms with Gasteiger partial charge in [0.15, 0.2) is 5.78 Å². The van der Waals surface area contributed by atoms with Crippen LogP contribution in [0.25, 0.3) is 21.3 Å². The lowest BCUT2D eigenvalue weighted by Gasteiger charge is -2.30. The monoisotopic (exact) mass is 567 g/mol. The number of hydrogen-bond acceptors (Lipinski definition) is 8. The zero-order chi connectivity index (χ0) is 27.5. The molecule has 3 aromatic carbocycles. The van der Waals surface area contributed by atoms with Crippen LogP contribution < -0.4 is 4.74 Å². The van der Waals surface area contributed by atoms with E-state index in [2.05, 4.69) is 9.88 Å². The summed E-state index contributed by atoms with van der Waals surface area (Å²) in [4.78, 5) is 38.4. The highest BCUT2D eigenvalue weighted by Crippen LogP contribution is 2.32. The van der Waals surface area contributed by atoms with E-state index in [0.29, 0.717) is 23.9 Å². The van der Waals surface area contributed by atoms with Crippen LogP contribution in [0.4, 0.5) is 0 Å². The first kappa shape index (κ1) is 26.5. The molecule has 6 rings (SSSR count). The van der Waals surface area contributed by atoms with Gasteiger partial charge in [0.05, 0.1) is 23.7 Å². The zero-order valence-corrected chi connectivity index (χ0v) is 23.8. The van der Waals surface area contributed by atoms with Crippen LogP contribution in [0.2, 0.25) is 0 Å². The molecule has 6 nitrogen and oxygen atoms in total. The van der Waals surface area contributed by atoms with Crippen LogP contribution in [-0.4, -0.2) is 46.3 Å². The van der Waals surface area contributed by atoms with Gasteiger partial charge in [-0.3, -0.25) is 14.5 Å². The maximum absolute atomic E-state index is 13.1. The van der Waals surface area contributed by atoms with Crippen LogP contribution in [0.3, 0.4) is 0 Å². The second kappa shape index (κ2) is 11.8. The number of aromatic nitrogens is 2. The Hall–Kier alpha value is -3.72. The third-order valence-electron chi connectivity index (χ3n) is 7.25. The number of rotatable bonds is 8. The minimum atomic E-state index is -0.311. The van der Waals surface area contributed by atoms with E-state index < -0.39 is 0 Å². The summed E-state index contributed by atoms with van der Waals surface area (Å²) in [5.74, 6) is 0.680. The zero-order valence-electron chi connectivity index (χ0n) is 22.2. The van der Waals surface area contributed by atoms with Crippen molar-refractivity contribution < 1.29 is 14.3 Å². The molecule has 1 aliphatic heterocycles. The SMILES string of the molecule is Cc1sc(-c2ccccc2)nc1C(=O)CN1CCC(c2nc(CC(=O)Oc3cccc4ccccc34)cs2)CC1. The highest BCUT2D eigenvalue weighted by molar-refractivity contribution is 7.15. The number of esters is 1. The molecule has 2 aromatic heterocycles. The Morgan fingerprint density at radius 1 is 0.950 bits per heavy atom. The summed E-state index contributed by atoms with van der Waals surface area (Å²) in [6.45, 7) is 4.03. The number of Topliss-reactive ketones (excluding diaryl/α,β-unsaturated/α-hetero) is 1. The molecule has 0 amide bonds. The Kier molecular flexibility index (Phi) is 7.82. The number of likely N-dealkylation sites (tertiary alicyclic amines) is 1. The molecule has 0 bridgehead atoms. The molecule has 0 aliphatic carbocycles. The Balaban J connectivity index is 1.02. The molecule has 8 heteroatoms. The van der Waals surface area contributed by atoms with Gasteiger partial charge in [0.25, 0.3) is 0 Å². The summed E-state index contributed by atoms with van der Waals surface area (Å²) in [7, 11) is 0. The van der Waals surface area contributed by atoms with E-state index in [-0.39, 0.29) is 18.2 Å². The summed E-state index contributed by atoms with van der Waals surface area (Å²) in [6.07, 6.45) is 2.02. The first-order chi connectivity index (χ1) is 19.5. The minimum Gasteiger partial charge on any atom is -0.426 e. The predicted octanol–water partition coefficient (Wildman–Crippen LogP) is 6.94. The smallest absolute Gasteiger partial charge is 0.317 e. The first-order valence-corrected chi connectivity index (χ1v) is 15.1. The van der Waals surface area contributed by atoms with Crippen LogP contribution >= 0.6 is 22.7 Å². The van der Waals surface area contributed by atoms with Gasteiger partial charge in [0.2, 0.25) is 0 Å². The number of carbonyl (C=O) groups is 2. The van der Waals surface area contributed by atoms with E-state index in [9.17, 15) is 9.59 Å². The lowest BCUT2D eigenvalue weighted by molar-refractivity contribution is -0.133. The van der Waals surface area contributed by atoms with Gasteiger partial charge in [-0.15, -0.1) is 22.7 Å². The Bertz CT molecular complexity index is 1650. The summed E-state index contributed by atoms with van der Waals surface area (Å²) in [5, 5.41) is 5.87. The van der Waals surface area contributed by atoms with E-state index in [1.54, 1.807) is 22.7 Å². The van der Waals surface area contributed by atoms with Gasteiger partial charge < -0.3 is 4.74 Å². The highest BCUT2D eigenvalue weighted by Gasteiger charge is 2.26. The van der Waals surface area contributed by atoms with E-state index in [0.717, 1.165) is 62.9 Å². The fourth-order valence-corrected chi connectivity index (χ4v) is 7.09. The van der Waals surface area contributed by atoms with Crippen LogP contribution in [0.5, 0.6) is 5.75 Å². The van der Waals surface area contributed by atoms with Gasteiger partial charge in [0, 0.05) is 27.1 Å². The van der Waals surface area contributed by atoms with Crippen LogP contribution in [0.15, 0.2) is 78.2 Å². The highest BCUT2D eigenvalue weighted by atomic mass is 32.1. The molecule has 202 valence electrons. The van der Waals surface area contributed by atoms with Gasteiger partial charge in [0.1, 0.15) is 16.5 Å². The van der Waals surface area contributed by atoms with Crippen LogP contribution in [0.1, 0.15) is 44.8 Å². The molecule has 40 heavy (non-hydrogen) atoms. The lowest BCUT2D eigenvalue weighted by atomic mass is 9.97. The standard InChI is InChI=1S/C32H29N3O3S2/c1-21-30(34-32(40-21)23-9-3-2-4-10-23)27(36)19-35-16-14-24(15-17-35)31-33-25(20-39-31)18-29(37)38-28-13-7-11-22-8-5-6-12-26(22)28/h2-13,20,24H,14-19H2,1H3. The Labute approximate surface area is 241 Å². The van der Waals surface area contributed by atoms with Crippen LogP contribution in [0, 0.1) is 6.92 Å². The van der Waals surface area contributed by atoms with Crippen molar-refractivity contribution in [2.24, 2.45) is 0 Å². The number of thiazole rings is 2. The molecule has 1 aliphatic rings. The topological polar surface area (TPSA) is 72.4 Å². The molecular weight excluding hydrogens is 539 g/mol. The molecule has 0 radical (unpaired) electrons. The first-order valence-electron chi connectivity index (χ1n) is 13.4. The summed E-state index contributed by atoms with van der Waals surface area (Å²) >= 11 is 3.18. The molecule has 0 N–H and O–H groups in total. The van der Waals surface area contributed by atoms with Crippen molar-refractivity contribution in [2.45, 2.75) is 32.1 Å². The number of aryl methyl sites for hydroxylation is 1. The second-order valence-corrected chi connectivity index (χ2v) is 12.2. The van der Waals surface area contributed by atoms with E-state index in [1.807, 2.05) is 85.1 Å². The van der Waals surface area contributed by atoms with Gasteiger partial charge in [-0.05, 0) is 44.3 Å². The number of fused-ring (bicyclic) bond motifs is 1. The molecule has 0 unspecified atom stereocenters. The number of benzene rings is 3. The van der Waals surface area contributed by atoms with Gasteiger partial charge >= 0.3 is 5.97 Å². The molecule has 3 heterocycles. The fourth-order valence-electron chi connectivity index (χ4n) is 5.16. The largest absolute Gasteiger partial charge is 0.426 e. The normalized spacial score (nSPS) is 14.4. The molecule has 1 saturated heterocycles. The third kappa shape index (κ3) is 5.89. The number of nitrogens with zero attached hydrogens (tertiary/aromatic N) is 3. The molecule has 0 atom stereocenters. The maximum atomic E-state index is 13.1. The van der Waals surface area contributed by atoms with Crippen molar-refractivity contribution >= 4 is 45.2 Å². The summed E-state index contributed by atoms with van der Waals surface area (Å²) in [6, 6.07) is 23.6. The molecule has 1 fully saturated rings. The lowest BCUT2D eigenvalue weighted by Crippen LogP contribution is -2.37. The molecule has 0 saturated carbocycles. The Morgan fingerprint density at radius 2 is 1.70 bits per heavy atom. The van der Waals surface area contributed by atoms with Gasteiger partial charge in [-0.1, -0.05) is 66.7 Å². The predicted molar refractivity (Wildman–Crippen MR) is 160 cm³/mol. The molecular formula is C32H29N3O3S2. The quantitative estimate of drug-likeness (QED) is 0.115. The summed E-state index contributed by atoms with van der Waals surface area (Å²) in [5.41, 5.74) is 2.38. The minimum absolute atomic E-state index is 0.0793. The molecule has 0 spiro atoms.